The van der Waals surface area contributed by atoms with E-state index in [1.54, 1.807) is 60.7 Å². The monoisotopic (exact) mass is 372 g/mol. The smallest absolute Gasteiger partial charge is 0.379 e. The largest absolute Gasteiger partial charge is 0.484 e. The number of esters is 2. The van der Waals surface area contributed by atoms with Crippen LogP contribution in [0, 0.1) is 0 Å². The zero-order valence-electron chi connectivity index (χ0n) is 14.6. The Morgan fingerprint density at radius 2 is 1.41 bits per heavy atom. The van der Waals surface area contributed by atoms with Crippen LogP contribution in [0.3, 0.4) is 0 Å². The Balaban J connectivity index is 2.02. The highest BCUT2D eigenvalue weighted by Crippen LogP contribution is 2.13. The van der Waals surface area contributed by atoms with Gasteiger partial charge in [0.15, 0.2) is 0 Å². The van der Waals surface area contributed by atoms with E-state index >= 15 is 0 Å². The molecule has 2 aromatic carbocycles. The number of benzene rings is 2. The van der Waals surface area contributed by atoms with Crippen molar-refractivity contribution in [2.24, 2.45) is 0 Å². The minimum absolute atomic E-state index is 0.00562. The summed E-state index contributed by atoms with van der Waals surface area (Å²) in [4.78, 5) is 24.4. The van der Waals surface area contributed by atoms with E-state index in [9.17, 15) is 9.59 Å². The molecule has 0 aliphatic rings. The third-order valence-electron chi connectivity index (χ3n) is 3.09. The maximum absolute atomic E-state index is 12.3. The van der Waals surface area contributed by atoms with Gasteiger partial charge in [-0.25, -0.2) is 9.59 Å². The van der Waals surface area contributed by atoms with Crippen molar-refractivity contribution in [3.8, 4) is 11.5 Å². The van der Waals surface area contributed by atoms with Crippen LogP contribution >= 0.6 is 0 Å². The molecule has 0 atom stereocenters. The van der Waals surface area contributed by atoms with Crippen molar-refractivity contribution in [3.05, 3.63) is 72.5 Å². The second-order valence-electron chi connectivity index (χ2n) is 5.13. The summed E-state index contributed by atoms with van der Waals surface area (Å²) in [5.74, 6) is -1.29. The molecule has 0 fully saturated rings. The molecule has 0 saturated carbocycles. The van der Waals surface area contributed by atoms with Gasteiger partial charge < -0.3 is 24.1 Å². The van der Waals surface area contributed by atoms with Crippen LogP contribution in [0.1, 0.15) is 0 Å². The van der Waals surface area contributed by atoms with E-state index in [0.717, 1.165) is 6.08 Å². The van der Waals surface area contributed by atoms with Crippen LogP contribution < -0.4 is 9.47 Å². The summed E-state index contributed by atoms with van der Waals surface area (Å²) >= 11 is 0. The van der Waals surface area contributed by atoms with Gasteiger partial charge in [-0.05, 0) is 24.3 Å². The van der Waals surface area contributed by atoms with E-state index in [2.05, 4.69) is 0 Å². The lowest BCUT2D eigenvalue weighted by Gasteiger charge is -2.10. The molecule has 0 spiro atoms. The molecule has 0 unspecified atom stereocenters. The number of hydrogen-bond acceptors (Lipinski definition) is 7. The fraction of sp³-hybridized carbons (Fsp3) is 0.200. The lowest BCUT2D eigenvalue weighted by molar-refractivity contribution is -0.136. The number of hydrogen-bond donors (Lipinski definition) is 1. The summed E-state index contributed by atoms with van der Waals surface area (Å²) < 4.78 is 20.7. The van der Waals surface area contributed by atoms with Gasteiger partial charge in [0.05, 0.1) is 25.9 Å². The maximum atomic E-state index is 12.3. The Kier molecular flexibility index (Phi) is 8.55. The van der Waals surface area contributed by atoms with Gasteiger partial charge >= 0.3 is 11.9 Å². The van der Waals surface area contributed by atoms with Crippen molar-refractivity contribution >= 4 is 11.9 Å². The van der Waals surface area contributed by atoms with Gasteiger partial charge in [0.25, 0.3) is 0 Å². The number of aliphatic hydroxyl groups is 1. The first-order valence-electron chi connectivity index (χ1n) is 8.26. The molecule has 7 heteroatoms. The van der Waals surface area contributed by atoms with Gasteiger partial charge in [-0.3, -0.25) is 0 Å². The second kappa shape index (κ2) is 11.5. The highest BCUT2D eigenvalue weighted by molar-refractivity contribution is 5.96. The maximum Gasteiger partial charge on any atom is 0.379 e. The summed E-state index contributed by atoms with van der Waals surface area (Å²) in [6.07, 6.45) is 0.921. The van der Waals surface area contributed by atoms with Crippen LogP contribution in [0.4, 0.5) is 0 Å². The molecule has 27 heavy (non-hydrogen) atoms. The average molecular weight is 372 g/mol. The van der Waals surface area contributed by atoms with E-state index in [4.69, 9.17) is 24.1 Å². The highest BCUT2D eigenvalue weighted by Gasteiger charge is 2.17. The quantitative estimate of drug-likeness (QED) is 0.224. The third kappa shape index (κ3) is 7.72. The molecule has 0 bridgehead atoms. The molecule has 142 valence electrons. The van der Waals surface area contributed by atoms with E-state index in [-0.39, 0.29) is 32.2 Å². The molecular weight excluding hydrogens is 352 g/mol. The Bertz CT molecular complexity index is 741. The third-order valence-corrected chi connectivity index (χ3v) is 3.09. The standard InChI is InChI=1S/C20H20O7/c21-11-12-24-13-14-25-18(20(23)27-17-9-5-2-6-10-17)15-19(22)26-16-7-3-1-4-8-16/h1-10,15,21H,11-14H2/b18-15-. The number of ether oxygens (including phenoxy) is 4. The van der Waals surface area contributed by atoms with Crippen molar-refractivity contribution in [2.45, 2.75) is 0 Å². The van der Waals surface area contributed by atoms with Crippen molar-refractivity contribution in [2.75, 3.05) is 26.4 Å². The van der Waals surface area contributed by atoms with Crippen LogP contribution in [0.25, 0.3) is 0 Å². The van der Waals surface area contributed by atoms with Gasteiger partial charge in [-0.15, -0.1) is 0 Å². The fourth-order valence-electron chi connectivity index (χ4n) is 1.92. The van der Waals surface area contributed by atoms with Crippen molar-refractivity contribution in [1.82, 2.24) is 0 Å². The molecule has 0 aliphatic carbocycles. The van der Waals surface area contributed by atoms with Crippen LogP contribution in [0.2, 0.25) is 0 Å². The first kappa shape index (κ1) is 20.2. The second-order valence-corrected chi connectivity index (χ2v) is 5.13. The van der Waals surface area contributed by atoms with Crippen LogP contribution in [-0.4, -0.2) is 43.5 Å². The van der Waals surface area contributed by atoms with E-state index < -0.39 is 11.9 Å². The molecule has 0 aromatic heterocycles. The molecule has 2 aromatic rings. The molecule has 2 rings (SSSR count). The zero-order valence-corrected chi connectivity index (χ0v) is 14.6. The zero-order chi connectivity index (χ0) is 19.3. The fourth-order valence-corrected chi connectivity index (χ4v) is 1.92. The molecule has 0 radical (unpaired) electrons. The van der Waals surface area contributed by atoms with Crippen molar-refractivity contribution < 1.29 is 33.6 Å². The number of carbonyl (C=O) groups excluding carboxylic acids is 2. The lowest BCUT2D eigenvalue weighted by atomic mass is 10.3. The SMILES string of the molecule is O=C(/C=C(\OCCOCCO)C(=O)Oc1ccccc1)Oc1ccccc1. The predicted molar refractivity (Wildman–Crippen MR) is 96.1 cm³/mol. The molecule has 0 amide bonds. The van der Waals surface area contributed by atoms with E-state index in [1.165, 1.54) is 0 Å². The number of para-hydroxylation sites is 2. The van der Waals surface area contributed by atoms with Gasteiger partial charge in [0.2, 0.25) is 5.76 Å². The van der Waals surface area contributed by atoms with Crippen LogP contribution in [-0.2, 0) is 19.1 Å². The van der Waals surface area contributed by atoms with E-state index in [1.807, 2.05) is 0 Å². The van der Waals surface area contributed by atoms with E-state index in [0.29, 0.717) is 11.5 Å². The normalized spacial score (nSPS) is 10.9. The highest BCUT2D eigenvalue weighted by atomic mass is 16.6. The molecule has 0 saturated heterocycles. The van der Waals surface area contributed by atoms with Crippen molar-refractivity contribution in [1.29, 1.82) is 0 Å². The van der Waals surface area contributed by atoms with Crippen LogP contribution in [0.5, 0.6) is 11.5 Å². The first-order valence-corrected chi connectivity index (χ1v) is 8.26. The number of carbonyl (C=O) groups is 2. The average Bonchev–Trinajstić information content (AvgIpc) is 2.68. The summed E-state index contributed by atoms with van der Waals surface area (Å²) in [5, 5.41) is 8.67. The number of aliphatic hydroxyl groups excluding tert-OH is 1. The topological polar surface area (TPSA) is 91.3 Å². The Labute approximate surface area is 156 Å². The number of rotatable bonds is 10. The molecule has 0 aliphatic heterocycles. The summed E-state index contributed by atoms with van der Waals surface area (Å²) in [7, 11) is 0. The van der Waals surface area contributed by atoms with Gasteiger partial charge in [0.1, 0.15) is 18.1 Å². The minimum atomic E-state index is -0.839. The van der Waals surface area contributed by atoms with Gasteiger partial charge in [0, 0.05) is 0 Å². The Morgan fingerprint density at radius 1 is 0.815 bits per heavy atom. The Hall–Kier alpha value is -3.16. The summed E-state index contributed by atoms with van der Waals surface area (Å²) in [6.45, 7) is 0.146. The minimum Gasteiger partial charge on any atom is -0.484 e. The van der Waals surface area contributed by atoms with Crippen LogP contribution in [0.15, 0.2) is 72.5 Å². The predicted octanol–water partition coefficient (Wildman–Crippen LogP) is 2.11. The van der Waals surface area contributed by atoms with Gasteiger partial charge in [-0.1, -0.05) is 36.4 Å². The summed E-state index contributed by atoms with van der Waals surface area (Å²) in [6, 6.07) is 16.8. The molecule has 0 heterocycles. The van der Waals surface area contributed by atoms with Gasteiger partial charge in [-0.2, -0.15) is 0 Å². The lowest BCUT2D eigenvalue weighted by Crippen LogP contribution is -2.18. The summed E-state index contributed by atoms with van der Waals surface area (Å²) in [5.41, 5.74) is 0. The van der Waals surface area contributed by atoms with Crippen molar-refractivity contribution in [3.63, 3.8) is 0 Å². The first-order chi connectivity index (χ1) is 13.2. The molecule has 7 nitrogen and oxygen atoms in total. The Morgan fingerprint density at radius 3 is 2.00 bits per heavy atom. The molecule has 1 N–H and O–H groups in total. The molecular formula is C20H20O7.